The zero-order valence-electron chi connectivity index (χ0n) is 16.9. The van der Waals surface area contributed by atoms with Gasteiger partial charge in [-0.1, -0.05) is 0 Å². The Morgan fingerprint density at radius 3 is 2.80 bits per heavy atom. The van der Waals surface area contributed by atoms with Gasteiger partial charge >= 0.3 is 0 Å². The Bertz CT molecular complexity index is 1230. The molecule has 0 radical (unpaired) electrons. The fourth-order valence-electron chi connectivity index (χ4n) is 3.97. The first-order chi connectivity index (χ1) is 14.6. The summed E-state index contributed by atoms with van der Waals surface area (Å²) in [7, 11) is 1.88. The molecule has 30 heavy (non-hydrogen) atoms. The number of rotatable bonds is 4. The largest absolute Gasteiger partial charge is 0.437 e. The van der Waals surface area contributed by atoms with Crippen LogP contribution in [0, 0.1) is 12.7 Å². The Morgan fingerprint density at radius 2 is 2.00 bits per heavy atom. The zero-order chi connectivity index (χ0) is 20.7. The molecule has 2 N–H and O–H groups in total. The second kappa shape index (κ2) is 7.46. The molecule has 5 rings (SSSR count). The Kier molecular flexibility index (Phi) is 4.63. The van der Waals surface area contributed by atoms with E-state index in [2.05, 4.69) is 37.6 Å². The van der Waals surface area contributed by atoms with E-state index in [1.54, 1.807) is 23.0 Å². The quantitative estimate of drug-likeness (QED) is 0.540. The van der Waals surface area contributed by atoms with Crippen LogP contribution in [0.5, 0.6) is 11.6 Å². The van der Waals surface area contributed by atoms with Crippen molar-refractivity contribution in [2.75, 3.05) is 43.4 Å². The first-order valence-electron chi connectivity index (χ1n) is 10.0. The lowest BCUT2D eigenvalue weighted by molar-refractivity contribution is 0.461. The Morgan fingerprint density at radius 1 is 1.17 bits per heavy atom. The van der Waals surface area contributed by atoms with Crippen LogP contribution in [0.1, 0.15) is 5.69 Å². The fourth-order valence-corrected chi connectivity index (χ4v) is 3.97. The number of fused-ring (bicyclic) bond motifs is 2. The van der Waals surface area contributed by atoms with Crippen molar-refractivity contribution in [1.29, 1.82) is 0 Å². The molecule has 154 valence electrons. The minimum Gasteiger partial charge on any atom is -0.437 e. The van der Waals surface area contributed by atoms with Gasteiger partial charge in [-0.15, -0.1) is 0 Å². The number of halogens is 1. The molecule has 4 aromatic rings. The SMILES string of the molecule is CNc1cc(N2CCNCC2)cc2ccnc(Oc3cc(F)c4nc(C)cn4c3)c12. The lowest BCUT2D eigenvalue weighted by Crippen LogP contribution is -2.43. The van der Waals surface area contributed by atoms with Gasteiger partial charge < -0.3 is 24.7 Å². The highest BCUT2D eigenvalue weighted by Crippen LogP contribution is 2.37. The molecule has 0 bridgehead atoms. The van der Waals surface area contributed by atoms with Gasteiger partial charge in [0.1, 0.15) is 5.75 Å². The smallest absolute Gasteiger partial charge is 0.229 e. The van der Waals surface area contributed by atoms with Gasteiger partial charge in [0.05, 0.1) is 17.3 Å². The van der Waals surface area contributed by atoms with Crippen molar-refractivity contribution < 1.29 is 9.13 Å². The van der Waals surface area contributed by atoms with Crippen LogP contribution < -0.4 is 20.3 Å². The van der Waals surface area contributed by atoms with Crippen molar-refractivity contribution in [3.8, 4) is 11.6 Å². The van der Waals surface area contributed by atoms with E-state index in [0.717, 1.165) is 54.0 Å². The maximum atomic E-state index is 14.5. The van der Waals surface area contributed by atoms with Crippen LogP contribution in [0.3, 0.4) is 0 Å². The highest BCUT2D eigenvalue weighted by Gasteiger charge is 2.17. The first kappa shape index (κ1) is 18.6. The van der Waals surface area contributed by atoms with Crippen molar-refractivity contribution in [2.45, 2.75) is 6.92 Å². The second-order valence-electron chi connectivity index (χ2n) is 7.43. The van der Waals surface area contributed by atoms with Crippen LogP contribution in [-0.2, 0) is 0 Å². The molecule has 0 aliphatic carbocycles. The van der Waals surface area contributed by atoms with Gasteiger partial charge in [0, 0.05) is 63.1 Å². The number of piperazine rings is 1. The maximum Gasteiger partial charge on any atom is 0.229 e. The number of pyridine rings is 2. The fraction of sp³-hybridized carbons (Fsp3) is 0.273. The molecule has 4 heterocycles. The van der Waals surface area contributed by atoms with Gasteiger partial charge in [-0.2, -0.15) is 0 Å². The Balaban J connectivity index is 1.57. The van der Waals surface area contributed by atoms with Crippen LogP contribution in [0.2, 0.25) is 0 Å². The second-order valence-corrected chi connectivity index (χ2v) is 7.43. The molecule has 0 amide bonds. The van der Waals surface area contributed by atoms with Gasteiger partial charge in [0.25, 0.3) is 0 Å². The average molecular weight is 406 g/mol. The summed E-state index contributed by atoms with van der Waals surface area (Å²) in [6.45, 7) is 5.70. The number of nitrogens with zero attached hydrogens (tertiary/aromatic N) is 4. The maximum absolute atomic E-state index is 14.5. The molecule has 1 aliphatic heterocycles. The molecule has 0 atom stereocenters. The molecule has 1 aliphatic rings. The molecule has 1 aromatic carbocycles. The number of imidazole rings is 1. The number of aryl methyl sites for hydroxylation is 1. The normalized spacial score (nSPS) is 14.4. The van der Waals surface area contributed by atoms with Crippen LogP contribution in [0.25, 0.3) is 16.4 Å². The Labute approximate surface area is 173 Å². The van der Waals surface area contributed by atoms with Crippen molar-refractivity contribution in [3.63, 3.8) is 0 Å². The van der Waals surface area contributed by atoms with E-state index < -0.39 is 5.82 Å². The topological polar surface area (TPSA) is 66.7 Å². The lowest BCUT2D eigenvalue weighted by atomic mass is 10.1. The van der Waals surface area contributed by atoms with Gasteiger partial charge in [0.15, 0.2) is 11.5 Å². The van der Waals surface area contributed by atoms with E-state index in [0.29, 0.717) is 11.6 Å². The lowest BCUT2D eigenvalue weighted by Gasteiger charge is -2.30. The van der Waals surface area contributed by atoms with E-state index in [4.69, 9.17) is 4.74 Å². The van der Waals surface area contributed by atoms with E-state index in [9.17, 15) is 4.39 Å². The molecule has 3 aromatic heterocycles. The summed E-state index contributed by atoms with van der Waals surface area (Å²) in [4.78, 5) is 11.0. The van der Waals surface area contributed by atoms with Crippen LogP contribution in [0.4, 0.5) is 15.8 Å². The summed E-state index contributed by atoms with van der Waals surface area (Å²) < 4.78 is 22.2. The standard InChI is InChI=1S/C22H23FN6O/c1-14-12-29-13-17(11-18(23)21(29)27-14)30-22-20-15(3-4-26-22)9-16(10-19(20)24-2)28-7-5-25-6-8-28/h3-4,9-13,24-25H,5-8H2,1-2H3. The van der Waals surface area contributed by atoms with Gasteiger partial charge in [-0.05, 0) is 30.5 Å². The van der Waals surface area contributed by atoms with Gasteiger partial charge in [-0.25, -0.2) is 14.4 Å². The summed E-state index contributed by atoms with van der Waals surface area (Å²) in [5.41, 5.74) is 3.10. The van der Waals surface area contributed by atoms with Crippen LogP contribution in [-0.4, -0.2) is 47.6 Å². The number of hydrogen-bond donors (Lipinski definition) is 2. The number of nitrogens with one attached hydrogen (secondary N) is 2. The molecule has 7 nitrogen and oxygen atoms in total. The highest BCUT2D eigenvalue weighted by atomic mass is 19.1. The van der Waals surface area contributed by atoms with Crippen molar-refractivity contribution >= 4 is 27.8 Å². The van der Waals surface area contributed by atoms with Crippen LogP contribution in [0.15, 0.2) is 42.9 Å². The van der Waals surface area contributed by atoms with E-state index in [-0.39, 0.29) is 5.65 Å². The first-order valence-corrected chi connectivity index (χ1v) is 10.0. The molecule has 1 fully saturated rings. The van der Waals surface area contributed by atoms with E-state index >= 15 is 0 Å². The molecule has 0 spiro atoms. The number of ether oxygens (including phenoxy) is 1. The Hall–Kier alpha value is -3.39. The minimum absolute atomic E-state index is 0.280. The molecule has 1 saturated heterocycles. The third kappa shape index (κ3) is 3.29. The number of benzene rings is 1. The highest BCUT2D eigenvalue weighted by molar-refractivity contribution is 6.00. The summed E-state index contributed by atoms with van der Waals surface area (Å²) in [6.07, 6.45) is 5.20. The predicted molar refractivity (Wildman–Crippen MR) is 116 cm³/mol. The minimum atomic E-state index is -0.435. The molecule has 8 heteroatoms. The van der Waals surface area contributed by atoms with Crippen molar-refractivity contribution in [3.05, 3.63) is 54.4 Å². The third-order valence-corrected chi connectivity index (χ3v) is 5.38. The monoisotopic (exact) mass is 406 g/mol. The third-order valence-electron chi connectivity index (χ3n) is 5.38. The van der Waals surface area contributed by atoms with E-state index in [1.807, 2.05) is 20.0 Å². The van der Waals surface area contributed by atoms with Gasteiger partial charge in [0.2, 0.25) is 5.88 Å². The summed E-state index contributed by atoms with van der Waals surface area (Å²) in [5, 5.41) is 8.53. The summed E-state index contributed by atoms with van der Waals surface area (Å²) in [6, 6.07) is 7.58. The average Bonchev–Trinajstić information content (AvgIpc) is 3.14. The molecule has 0 unspecified atom stereocenters. The van der Waals surface area contributed by atoms with Crippen molar-refractivity contribution in [2.24, 2.45) is 0 Å². The van der Waals surface area contributed by atoms with Crippen LogP contribution >= 0.6 is 0 Å². The number of anilines is 2. The van der Waals surface area contributed by atoms with Crippen molar-refractivity contribution in [1.82, 2.24) is 19.7 Å². The van der Waals surface area contributed by atoms with Gasteiger partial charge in [-0.3, -0.25) is 0 Å². The number of aromatic nitrogens is 3. The number of hydrogen-bond acceptors (Lipinski definition) is 6. The zero-order valence-corrected chi connectivity index (χ0v) is 16.9. The summed E-state index contributed by atoms with van der Waals surface area (Å²) >= 11 is 0. The molecular weight excluding hydrogens is 383 g/mol. The molecular formula is C22H23FN6O. The van der Waals surface area contributed by atoms with E-state index in [1.165, 1.54) is 6.07 Å². The molecule has 0 saturated carbocycles. The predicted octanol–water partition coefficient (Wildman–Crippen LogP) is 3.57. The summed E-state index contributed by atoms with van der Waals surface area (Å²) in [5.74, 6) is 0.362.